The number of hydrogen-bond acceptors (Lipinski definition) is 4. The van der Waals surface area contributed by atoms with Crippen LogP contribution in [0, 0.1) is 6.92 Å². The zero-order valence-electron chi connectivity index (χ0n) is 13.5. The zero-order valence-corrected chi connectivity index (χ0v) is 13.5. The third-order valence-corrected chi connectivity index (χ3v) is 3.59. The van der Waals surface area contributed by atoms with Crippen molar-refractivity contribution in [3.8, 4) is 5.75 Å². The molecule has 0 atom stereocenters. The Labute approximate surface area is 140 Å². The molecule has 120 valence electrons. The van der Waals surface area contributed by atoms with Crippen LogP contribution in [-0.2, 0) is 9.53 Å². The maximum absolute atomic E-state index is 11.9. The summed E-state index contributed by atoms with van der Waals surface area (Å²) in [4.78, 5) is 16.2. The van der Waals surface area contributed by atoms with Crippen LogP contribution >= 0.6 is 0 Å². The molecule has 3 rings (SSSR count). The van der Waals surface area contributed by atoms with Gasteiger partial charge in [-0.25, -0.2) is 9.79 Å². The predicted octanol–water partition coefficient (Wildman–Crippen LogP) is 3.90. The van der Waals surface area contributed by atoms with Gasteiger partial charge in [-0.05, 0) is 31.2 Å². The van der Waals surface area contributed by atoms with Crippen molar-refractivity contribution in [1.29, 1.82) is 0 Å². The lowest BCUT2D eigenvalue weighted by atomic mass is 10.1. The number of para-hydroxylation sites is 1. The lowest BCUT2D eigenvalue weighted by Crippen LogP contribution is -2.05. The number of nitrogens with zero attached hydrogens (tertiary/aromatic N) is 1. The average Bonchev–Trinajstić information content (AvgIpc) is 2.97. The van der Waals surface area contributed by atoms with Gasteiger partial charge >= 0.3 is 5.97 Å². The third-order valence-electron chi connectivity index (χ3n) is 3.59. The van der Waals surface area contributed by atoms with Gasteiger partial charge in [-0.2, -0.15) is 0 Å². The van der Waals surface area contributed by atoms with Gasteiger partial charge in [0.25, 0.3) is 0 Å². The molecule has 2 aromatic carbocycles. The van der Waals surface area contributed by atoms with Crippen LogP contribution in [-0.4, -0.2) is 19.0 Å². The van der Waals surface area contributed by atoms with Crippen LogP contribution in [0.5, 0.6) is 5.75 Å². The van der Waals surface area contributed by atoms with E-state index in [-0.39, 0.29) is 5.70 Å². The first-order valence-electron chi connectivity index (χ1n) is 7.56. The Morgan fingerprint density at radius 3 is 2.58 bits per heavy atom. The van der Waals surface area contributed by atoms with E-state index in [0.717, 1.165) is 22.4 Å². The van der Waals surface area contributed by atoms with Crippen molar-refractivity contribution in [2.45, 2.75) is 6.92 Å². The number of carbonyl (C=O) groups excluding carboxylic acids is 1. The molecule has 0 fully saturated rings. The normalized spacial score (nSPS) is 15.7. The summed E-state index contributed by atoms with van der Waals surface area (Å²) in [6, 6.07) is 15.3. The summed E-state index contributed by atoms with van der Waals surface area (Å²) in [5.41, 5.74) is 3.12. The molecule has 0 N–H and O–H groups in total. The van der Waals surface area contributed by atoms with Crippen LogP contribution in [0.1, 0.15) is 16.7 Å². The Morgan fingerprint density at radius 2 is 1.83 bits per heavy atom. The second-order valence-corrected chi connectivity index (χ2v) is 5.33. The molecule has 1 aliphatic rings. The third kappa shape index (κ3) is 3.43. The van der Waals surface area contributed by atoms with Gasteiger partial charge in [-0.3, -0.25) is 0 Å². The van der Waals surface area contributed by atoms with E-state index >= 15 is 0 Å². The summed E-state index contributed by atoms with van der Waals surface area (Å²) in [6.45, 7) is 2.00. The number of allylic oxidation sites excluding steroid dienone is 2. The Morgan fingerprint density at radius 1 is 1.08 bits per heavy atom. The number of methoxy groups -OCH3 is 1. The summed E-state index contributed by atoms with van der Waals surface area (Å²) >= 11 is 0. The highest BCUT2D eigenvalue weighted by atomic mass is 16.6. The topological polar surface area (TPSA) is 47.9 Å². The monoisotopic (exact) mass is 319 g/mol. The van der Waals surface area contributed by atoms with E-state index in [0.29, 0.717) is 5.90 Å². The number of benzene rings is 2. The summed E-state index contributed by atoms with van der Waals surface area (Å²) in [6.07, 6.45) is 5.25. The Bertz CT molecular complexity index is 845. The summed E-state index contributed by atoms with van der Waals surface area (Å²) in [5.74, 6) is 0.650. The fourth-order valence-electron chi connectivity index (χ4n) is 2.29. The highest BCUT2D eigenvalue weighted by Crippen LogP contribution is 2.20. The number of hydrogen-bond donors (Lipinski definition) is 0. The van der Waals surface area contributed by atoms with E-state index in [2.05, 4.69) is 4.99 Å². The highest BCUT2D eigenvalue weighted by Gasteiger charge is 2.23. The summed E-state index contributed by atoms with van der Waals surface area (Å²) in [7, 11) is 1.62. The van der Waals surface area contributed by atoms with Gasteiger partial charge in [0.2, 0.25) is 5.90 Å². The second kappa shape index (κ2) is 6.96. The number of ether oxygens (including phenoxy) is 2. The van der Waals surface area contributed by atoms with E-state index in [1.807, 2.05) is 61.5 Å². The molecule has 0 aliphatic carbocycles. The number of aryl methyl sites for hydroxylation is 1. The molecule has 0 unspecified atom stereocenters. The molecule has 1 aliphatic heterocycles. The van der Waals surface area contributed by atoms with Crippen molar-refractivity contribution in [3.05, 3.63) is 83.1 Å². The fourth-order valence-corrected chi connectivity index (χ4v) is 2.29. The molecule has 0 radical (unpaired) electrons. The minimum atomic E-state index is -0.449. The van der Waals surface area contributed by atoms with Crippen molar-refractivity contribution in [2.75, 3.05) is 7.11 Å². The van der Waals surface area contributed by atoms with Crippen LogP contribution in [0.4, 0.5) is 0 Å². The standard InChI is InChI=1S/C20H17NO3/c1-14-10-12-16(13-11-14)19-21-17(20(22)24-19)8-5-7-15-6-3-4-9-18(15)23-2/h3-13H,1-2H3/b7-5+,17-8+. The Kier molecular flexibility index (Phi) is 4.57. The Hall–Kier alpha value is -3.14. The lowest BCUT2D eigenvalue weighted by Gasteiger charge is -2.02. The first kappa shape index (κ1) is 15.7. The fraction of sp³-hybridized carbons (Fsp3) is 0.100. The number of cyclic esters (lactones) is 1. The SMILES string of the molecule is COc1ccccc1/C=C/C=C1/N=C(c2ccc(C)cc2)OC1=O. The molecule has 0 saturated heterocycles. The van der Waals surface area contributed by atoms with E-state index in [9.17, 15) is 4.79 Å². The van der Waals surface area contributed by atoms with Gasteiger partial charge < -0.3 is 9.47 Å². The van der Waals surface area contributed by atoms with Crippen molar-refractivity contribution in [1.82, 2.24) is 0 Å². The van der Waals surface area contributed by atoms with Crippen LogP contribution in [0.15, 0.2) is 71.4 Å². The quantitative estimate of drug-likeness (QED) is 0.634. The molecule has 0 amide bonds. The van der Waals surface area contributed by atoms with Crippen molar-refractivity contribution in [3.63, 3.8) is 0 Å². The maximum atomic E-state index is 11.9. The van der Waals surface area contributed by atoms with Crippen molar-refractivity contribution < 1.29 is 14.3 Å². The highest BCUT2D eigenvalue weighted by molar-refractivity contribution is 6.11. The van der Waals surface area contributed by atoms with E-state index in [4.69, 9.17) is 9.47 Å². The summed E-state index contributed by atoms with van der Waals surface area (Å²) in [5, 5.41) is 0. The molecule has 1 heterocycles. The largest absolute Gasteiger partial charge is 0.496 e. The van der Waals surface area contributed by atoms with Crippen LogP contribution in [0.25, 0.3) is 6.08 Å². The van der Waals surface area contributed by atoms with Gasteiger partial charge in [0.15, 0.2) is 5.70 Å². The van der Waals surface area contributed by atoms with Crippen LogP contribution in [0.2, 0.25) is 0 Å². The maximum Gasteiger partial charge on any atom is 0.363 e. The molecule has 0 spiro atoms. The molecule has 0 saturated carbocycles. The van der Waals surface area contributed by atoms with Crippen molar-refractivity contribution in [2.24, 2.45) is 4.99 Å². The second-order valence-electron chi connectivity index (χ2n) is 5.33. The Balaban J connectivity index is 1.81. The smallest absolute Gasteiger partial charge is 0.363 e. The van der Waals surface area contributed by atoms with Crippen LogP contribution < -0.4 is 4.74 Å². The molecule has 0 aromatic heterocycles. The zero-order chi connectivity index (χ0) is 16.9. The number of esters is 1. The van der Waals surface area contributed by atoms with Gasteiger partial charge in [-0.1, -0.05) is 48.0 Å². The van der Waals surface area contributed by atoms with E-state index in [1.54, 1.807) is 19.3 Å². The number of rotatable bonds is 4. The predicted molar refractivity (Wildman–Crippen MR) is 93.9 cm³/mol. The molecular formula is C20H17NO3. The molecule has 24 heavy (non-hydrogen) atoms. The first-order chi connectivity index (χ1) is 11.7. The van der Waals surface area contributed by atoms with E-state index in [1.165, 1.54) is 0 Å². The minimum absolute atomic E-state index is 0.275. The summed E-state index contributed by atoms with van der Waals surface area (Å²) < 4.78 is 10.5. The molecule has 4 nitrogen and oxygen atoms in total. The molecule has 4 heteroatoms. The number of aliphatic imine (C=N–C) groups is 1. The van der Waals surface area contributed by atoms with Gasteiger partial charge in [0.05, 0.1) is 7.11 Å². The number of carbonyl (C=O) groups is 1. The van der Waals surface area contributed by atoms with Crippen molar-refractivity contribution >= 4 is 17.9 Å². The van der Waals surface area contributed by atoms with Gasteiger partial charge in [-0.15, -0.1) is 0 Å². The molecular weight excluding hydrogens is 302 g/mol. The minimum Gasteiger partial charge on any atom is -0.496 e. The van der Waals surface area contributed by atoms with Gasteiger partial charge in [0, 0.05) is 11.1 Å². The average molecular weight is 319 g/mol. The molecule has 2 aromatic rings. The van der Waals surface area contributed by atoms with Gasteiger partial charge in [0.1, 0.15) is 5.75 Å². The first-order valence-corrected chi connectivity index (χ1v) is 7.56. The van der Waals surface area contributed by atoms with E-state index < -0.39 is 5.97 Å². The lowest BCUT2D eigenvalue weighted by molar-refractivity contribution is -0.130. The van der Waals surface area contributed by atoms with Crippen LogP contribution in [0.3, 0.4) is 0 Å². The molecule has 0 bridgehead atoms.